The lowest BCUT2D eigenvalue weighted by atomic mass is 9.95. The fraction of sp³-hybridized carbons (Fsp3) is 0.474. The van der Waals surface area contributed by atoms with Gasteiger partial charge in [-0.25, -0.2) is 0 Å². The van der Waals surface area contributed by atoms with E-state index in [1.165, 1.54) is 18.4 Å². The first-order valence-corrected chi connectivity index (χ1v) is 8.81. The first-order valence-electron chi connectivity index (χ1n) is 8.81. The number of anilines is 1. The summed E-state index contributed by atoms with van der Waals surface area (Å²) in [5.41, 5.74) is 4.96. The van der Waals surface area contributed by atoms with Crippen LogP contribution in [0.3, 0.4) is 0 Å². The monoisotopic (exact) mass is 343 g/mol. The van der Waals surface area contributed by atoms with Gasteiger partial charge < -0.3 is 20.1 Å². The molecule has 0 saturated carbocycles. The second kappa shape index (κ2) is 7.70. The van der Waals surface area contributed by atoms with Crippen molar-refractivity contribution in [2.24, 2.45) is 0 Å². The molecule has 1 aliphatic carbocycles. The van der Waals surface area contributed by atoms with E-state index in [9.17, 15) is 9.90 Å². The van der Waals surface area contributed by atoms with Gasteiger partial charge in [0.2, 0.25) is 0 Å². The lowest BCUT2D eigenvalue weighted by Crippen LogP contribution is -2.18. The van der Waals surface area contributed by atoms with Crippen molar-refractivity contribution in [1.29, 1.82) is 0 Å². The molecule has 25 heavy (non-hydrogen) atoms. The molecule has 3 rings (SSSR count). The van der Waals surface area contributed by atoms with Crippen molar-refractivity contribution < 1.29 is 9.84 Å². The van der Waals surface area contributed by atoms with Gasteiger partial charge in [0.05, 0.1) is 20.3 Å². The molecule has 0 amide bonds. The van der Waals surface area contributed by atoms with Crippen molar-refractivity contribution in [3.8, 4) is 5.75 Å². The fourth-order valence-corrected chi connectivity index (χ4v) is 3.34. The van der Waals surface area contributed by atoms with Crippen molar-refractivity contribution in [2.45, 2.75) is 52.2 Å². The van der Waals surface area contributed by atoms with Crippen LogP contribution in [-0.2, 0) is 32.4 Å². The predicted molar refractivity (Wildman–Crippen MR) is 97.1 cm³/mol. The normalized spacial score (nSPS) is 13.4. The summed E-state index contributed by atoms with van der Waals surface area (Å²) >= 11 is 0. The quantitative estimate of drug-likeness (QED) is 0.749. The van der Waals surface area contributed by atoms with Gasteiger partial charge in [0.15, 0.2) is 0 Å². The van der Waals surface area contributed by atoms with Crippen LogP contribution in [0.4, 0.5) is 5.69 Å². The topological polar surface area (TPSA) is 87.2 Å². The number of aliphatic hydroxyl groups excluding tert-OH is 1. The summed E-state index contributed by atoms with van der Waals surface area (Å²) in [5.74, 6) is 0.757. The minimum atomic E-state index is -0.238. The van der Waals surface area contributed by atoms with Gasteiger partial charge in [0.25, 0.3) is 5.56 Å². The first kappa shape index (κ1) is 17.5. The molecule has 134 valence electrons. The Bertz CT molecular complexity index is 814. The van der Waals surface area contributed by atoms with Gasteiger partial charge in [-0.1, -0.05) is 6.92 Å². The Morgan fingerprint density at radius 2 is 2.12 bits per heavy atom. The second-order valence-electron chi connectivity index (χ2n) is 6.33. The molecule has 0 aromatic carbocycles. The van der Waals surface area contributed by atoms with Crippen LogP contribution < -0.4 is 15.6 Å². The Balaban J connectivity index is 1.85. The number of H-pyrrole nitrogens is 1. The summed E-state index contributed by atoms with van der Waals surface area (Å²) in [4.78, 5) is 19.7. The van der Waals surface area contributed by atoms with E-state index < -0.39 is 0 Å². The zero-order valence-electron chi connectivity index (χ0n) is 14.8. The largest absolute Gasteiger partial charge is 0.495 e. The predicted octanol–water partition coefficient (Wildman–Crippen LogP) is 2.32. The van der Waals surface area contributed by atoms with E-state index in [0.717, 1.165) is 42.0 Å². The molecule has 2 heterocycles. The van der Waals surface area contributed by atoms with Crippen LogP contribution in [-0.4, -0.2) is 22.2 Å². The number of rotatable bonds is 6. The lowest BCUT2D eigenvalue weighted by Gasteiger charge is -2.18. The summed E-state index contributed by atoms with van der Waals surface area (Å²) in [7, 11) is 1.65. The molecule has 0 fully saturated rings. The van der Waals surface area contributed by atoms with Crippen LogP contribution >= 0.6 is 0 Å². The number of hydrogen-bond acceptors (Lipinski definition) is 5. The molecule has 0 aliphatic heterocycles. The fourth-order valence-electron chi connectivity index (χ4n) is 3.34. The Kier molecular flexibility index (Phi) is 5.38. The number of methoxy groups -OCH3 is 1. The maximum atomic E-state index is 12.2. The van der Waals surface area contributed by atoms with Crippen molar-refractivity contribution >= 4 is 5.69 Å². The SMILES string of the molecule is CCc1cc(NCc2nc3c(cc2OC)CCCC3)c(=O)[nH]c1CO. The minimum Gasteiger partial charge on any atom is -0.495 e. The Morgan fingerprint density at radius 3 is 2.84 bits per heavy atom. The number of nitrogens with zero attached hydrogens (tertiary/aromatic N) is 1. The average molecular weight is 343 g/mol. The minimum absolute atomic E-state index is 0.168. The van der Waals surface area contributed by atoms with E-state index in [0.29, 0.717) is 17.9 Å². The molecular formula is C19H25N3O3. The molecule has 0 radical (unpaired) electrons. The summed E-state index contributed by atoms with van der Waals surface area (Å²) in [6.45, 7) is 2.24. The number of fused-ring (bicyclic) bond motifs is 1. The van der Waals surface area contributed by atoms with Crippen molar-refractivity contribution in [3.63, 3.8) is 0 Å². The summed E-state index contributed by atoms with van der Waals surface area (Å²) in [6, 6.07) is 3.88. The van der Waals surface area contributed by atoms with Gasteiger partial charge in [-0.2, -0.15) is 0 Å². The molecule has 2 aromatic heterocycles. The Morgan fingerprint density at radius 1 is 1.32 bits per heavy atom. The zero-order chi connectivity index (χ0) is 17.8. The summed E-state index contributed by atoms with van der Waals surface area (Å²) in [5, 5.41) is 12.5. The van der Waals surface area contributed by atoms with Crippen molar-refractivity contribution in [1.82, 2.24) is 9.97 Å². The summed E-state index contributed by atoms with van der Waals surface area (Å²) < 4.78 is 5.49. The molecule has 0 bridgehead atoms. The van der Waals surface area contributed by atoms with E-state index in [-0.39, 0.29) is 12.2 Å². The van der Waals surface area contributed by atoms with Gasteiger partial charge in [-0.15, -0.1) is 0 Å². The molecule has 0 atom stereocenters. The molecule has 1 aliphatic rings. The van der Waals surface area contributed by atoms with E-state index in [1.54, 1.807) is 13.2 Å². The van der Waals surface area contributed by atoms with Crippen molar-refractivity contribution in [2.75, 3.05) is 12.4 Å². The Labute approximate surface area is 147 Å². The molecule has 2 aromatic rings. The van der Waals surface area contributed by atoms with Crippen LogP contribution in [0.1, 0.15) is 48.0 Å². The molecule has 6 heteroatoms. The van der Waals surface area contributed by atoms with Gasteiger partial charge in [0, 0.05) is 11.4 Å². The number of nitrogens with one attached hydrogen (secondary N) is 2. The van der Waals surface area contributed by atoms with Gasteiger partial charge in [-0.05, 0) is 55.4 Å². The van der Waals surface area contributed by atoms with Crippen molar-refractivity contribution in [3.05, 3.63) is 50.7 Å². The van der Waals surface area contributed by atoms with Crippen LogP contribution in [0.5, 0.6) is 5.75 Å². The highest BCUT2D eigenvalue weighted by molar-refractivity contribution is 5.46. The number of aryl methyl sites for hydroxylation is 3. The number of hydrogen-bond donors (Lipinski definition) is 3. The average Bonchev–Trinajstić information content (AvgIpc) is 2.65. The van der Waals surface area contributed by atoms with Crippen LogP contribution in [0.25, 0.3) is 0 Å². The van der Waals surface area contributed by atoms with Crippen LogP contribution in [0.15, 0.2) is 16.9 Å². The zero-order valence-corrected chi connectivity index (χ0v) is 14.8. The first-order chi connectivity index (χ1) is 12.2. The lowest BCUT2D eigenvalue weighted by molar-refractivity contribution is 0.275. The van der Waals surface area contributed by atoms with Crippen LogP contribution in [0.2, 0.25) is 0 Å². The molecular weight excluding hydrogens is 318 g/mol. The highest BCUT2D eigenvalue weighted by atomic mass is 16.5. The van der Waals surface area contributed by atoms with E-state index >= 15 is 0 Å². The number of ether oxygens (including phenoxy) is 1. The Hall–Kier alpha value is -2.34. The maximum Gasteiger partial charge on any atom is 0.271 e. The third-order valence-corrected chi connectivity index (χ3v) is 4.76. The number of aromatic amines is 1. The molecule has 6 nitrogen and oxygen atoms in total. The third-order valence-electron chi connectivity index (χ3n) is 4.76. The molecule has 0 spiro atoms. The number of pyridine rings is 2. The van der Waals surface area contributed by atoms with Gasteiger partial charge >= 0.3 is 0 Å². The molecule has 3 N–H and O–H groups in total. The number of aliphatic hydroxyl groups is 1. The maximum absolute atomic E-state index is 12.2. The highest BCUT2D eigenvalue weighted by Gasteiger charge is 2.16. The molecule has 0 unspecified atom stereocenters. The van der Waals surface area contributed by atoms with E-state index in [1.807, 2.05) is 6.92 Å². The van der Waals surface area contributed by atoms with Crippen LogP contribution in [0, 0.1) is 0 Å². The smallest absolute Gasteiger partial charge is 0.271 e. The van der Waals surface area contributed by atoms with Gasteiger partial charge in [0.1, 0.15) is 17.1 Å². The third kappa shape index (κ3) is 3.69. The van der Waals surface area contributed by atoms with E-state index in [2.05, 4.69) is 16.4 Å². The highest BCUT2D eigenvalue weighted by Crippen LogP contribution is 2.27. The van der Waals surface area contributed by atoms with E-state index in [4.69, 9.17) is 9.72 Å². The van der Waals surface area contributed by atoms with Gasteiger partial charge in [-0.3, -0.25) is 9.78 Å². The number of aromatic nitrogens is 2. The standard InChI is InChI=1S/C19H25N3O3/c1-3-12-8-15(19(24)22-17(12)11-23)20-10-16-18(25-2)9-13-6-4-5-7-14(13)21-16/h8-9,20,23H,3-7,10-11H2,1-2H3,(H,22,24). The molecule has 0 saturated heterocycles. The second-order valence-corrected chi connectivity index (χ2v) is 6.33. The summed E-state index contributed by atoms with van der Waals surface area (Å²) in [6.07, 6.45) is 5.15.